The molecule has 0 unspecified atom stereocenters. The molecule has 0 fully saturated rings. The molecule has 0 aromatic heterocycles. The van der Waals surface area contributed by atoms with Crippen LogP contribution in [0.2, 0.25) is 0 Å². The van der Waals surface area contributed by atoms with Crippen molar-refractivity contribution >= 4 is 23.8 Å². The molecule has 0 radical (unpaired) electrons. The number of carbonyl (C=O) groups is 4. The molecule has 0 aliphatic carbocycles. The maximum absolute atomic E-state index is 13.2. The smallest absolute Gasteiger partial charge is 0.326 e. The molecule has 10 nitrogen and oxygen atoms in total. The van der Waals surface area contributed by atoms with E-state index in [1.807, 2.05) is 44.2 Å². The molecule has 212 valence electrons. The summed E-state index contributed by atoms with van der Waals surface area (Å²) in [5.74, 6) is -1.89. The fourth-order valence-electron chi connectivity index (χ4n) is 4.01. The van der Waals surface area contributed by atoms with E-state index in [2.05, 4.69) is 16.0 Å². The van der Waals surface area contributed by atoms with Gasteiger partial charge in [0.2, 0.25) is 11.8 Å². The molecule has 10 heteroatoms. The van der Waals surface area contributed by atoms with Crippen molar-refractivity contribution in [3.63, 3.8) is 0 Å². The highest BCUT2D eigenvalue weighted by atomic mass is 16.5. The zero-order chi connectivity index (χ0) is 28.8. The second kappa shape index (κ2) is 16.1. The number of carboxylic acids is 1. The van der Waals surface area contributed by atoms with Crippen molar-refractivity contribution < 1.29 is 33.8 Å². The molecule has 39 heavy (non-hydrogen) atoms. The molecule has 4 N–H and O–H groups in total. The number of benzene rings is 2. The van der Waals surface area contributed by atoms with Gasteiger partial charge in [-0.25, -0.2) is 4.79 Å². The zero-order valence-corrected chi connectivity index (χ0v) is 22.9. The minimum atomic E-state index is -1.18. The molecule has 2 aromatic carbocycles. The minimum absolute atomic E-state index is 0.0326. The van der Waals surface area contributed by atoms with Gasteiger partial charge in [-0.05, 0) is 42.0 Å². The van der Waals surface area contributed by atoms with Crippen LogP contribution in [0.5, 0.6) is 5.75 Å². The number of hydrogen-bond donors (Lipinski definition) is 4. The van der Waals surface area contributed by atoms with Crippen LogP contribution in [0.3, 0.4) is 0 Å². The molecular weight excluding hydrogens is 502 g/mol. The third kappa shape index (κ3) is 11.2. The Morgan fingerprint density at radius 2 is 1.54 bits per heavy atom. The summed E-state index contributed by atoms with van der Waals surface area (Å²) in [6, 6.07) is 13.4. The second-order valence-corrected chi connectivity index (χ2v) is 9.68. The van der Waals surface area contributed by atoms with Crippen molar-refractivity contribution in [2.75, 3.05) is 14.2 Å². The molecule has 2 amide bonds. The lowest BCUT2D eigenvalue weighted by Gasteiger charge is -2.26. The second-order valence-electron chi connectivity index (χ2n) is 9.68. The average molecular weight is 542 g/mol. The topological polar surface area (TPSA) is 143 Å². The molecule has 0 heterocycles. The summed E-state index contributed by atoms with van der Waals surface area (Å²) in [5.41, 5.74) is 1.66. The highest BCUT2D eigenvalue weighted by molar-refractivity contribution is 5.88. The van der Waals surface area contributed by atoms with Gasteiger partial charge in [-0.1, -0.05) is 56.3 Å². The van der Waals surface area contributed by atoms with E-state index in [0.717, 1.165) is 5.56 Å². The predicted octanol–water partition coefficient (Wildman–Crippen LogP) is 2.45. The number of esters is 1. The third-order valence-electron chi connectivity index (χ3n) is 6.12. The number of aliphatic carboxylic acids is 1. The highest BCUT2D eigenvalue weighted by Crippen LogP contribution is 2.14. The van der Waals surface area contributed by atoms with Crippen molar-refractivity contribution in [3.05, 3.63) is 65.7 Å². The molecule has 0 saturated carbocycles. The molecule has 2 rings (SSSR count). The quantitative estimate of drug-likeness (QED) is 0.237. The summed E-state index contributed by atoms with van der Waals surface area (Å²) in [5, 5.41) is 18.2. The van der Waals surface area contributed by atoms with Gasteiger partial charge in [0.25, 0.3) is 0 Å². The number of amides is 2. The first-order valence-electron chi connectivity index (χ1n) is 12.9. The number of nitrogens with one attached hydrogen (secondary N) is 3. The van der Waals surface area contributed by atoms with Crippen molar-refractivity contribution in [2.45, 2.75) is 64.2 Å². The van der Waals surface area contributed by atoms with Crippen LogP contribution >= 0.6 is 0 Å². The van der Waals surface area contributed by atoms with Gasteiger partial charge >= 0.3 is 11.9 Å². The molecule has 0 aliphatic heterocycles. The Hall–Kier alpha value is -3.92. The summed E-state index contributed by atoms with van der Waals surface area (Å²) >= 11 is 0. The number of methoxy groups -OCH3 is 2. The minimum Gasteiger partial charge on any atom is -0.497 e. The van der Waals surface area contributed by atoms with Crippen LogP contribution in [0.1, 0.15) is 44.2 Å². The van der Waals surface area contributed by atoms with Gasteiger partial charge in [0, 0.05) is 19.4 Å². The van der Waals surface area contributed by atoms with E-state index >= 15 is 0 Å². The summed E-state index contributed by atoms with van der Waals surface area (Å²) in [7, 11) is 2.77. The maximum atomic E-state index is 13.2. The molecular formula is C29H39N3O7. The summed E-state index contributed by atoms with van der Waals surface area (Å²) in [4.78, 5) is 50.1. The average Bonchev–Trinajstić information content (AvgIpc) is 2.93. The standard InChI is InChI=1S/C29H39N3O7/c1-19(2)16-24(27(34)32-25(28(35)36)17-20-10-12-22(38-3)13-11-20)31-23(29(37)39-4)14-15-26(33)30-18-21-8-6-5-7-9-21/h5-13,19,23-25,31H,14-18H2,1-4H3,(H,30,33)(H,32,34)(H,35,36)/t23-,24+,25+/m1/s1. The number of ether oxygens (including phenoxy) is 2. The highest BCUT2D eigenvalue weighted by Gasteiger charge is 2.30. The Labute approximate surface area is 229 Å². The van der Waals surface area contributed by atoms with Crippen molar-refractivity contribution in [1.29, 1.82) is 0 Å². The van der Waals surface area contributed by atoms with Crippen molar-refractivity contribution in [1.82, 2.24) is 16.0 Å². The number of carbonyl (C=O) groups excluding carboxylic acids is 3. The van der Waals surface area contributed by atoms with Crippen molar-refractivity contribution in [2.24, 2.45) is 5.92 Å². The lowest BCUT2D eigenvalue weighted by molar-refractivity contribution is -0.145. The van der Waals surface area contributed by atoms with E-state index in [1.165, 1.54) is 14.2 Å². The number of carboxylic acid groups (broad SMARTS) is 1. The van der Waals surface area contributed by atoms with Crippen LogP contribution < -0.4 is 20.7 Å². The Balaban J connectivity index is 2.05. The Morgan fingerprint density at radius 1 is 0.872 bits per heavy atom. The Kier molecular flexibility index (Phi) is 12.9. The van der Waals surface area contributed by atoms with Crippen LogP contribution in [0.25, 0.3) is 0 Å². The summed E-state index contributed by atoms with van der Waals surface area (Å²) < 4.78 is 10.0. The van der Waals surface area contributed by atoms with Crippen LogP contribution in [-0.2, 0) is 36.9 Å². The first-order valence-corrected chi connectivity index (χ1v) is 12.9. The van der Waals surface area contributed by atoms with Crippen LogP contribution in [-0.4, -0.2) is 61.2 Å². The summed E-state index contributed by atoms with van der Waals surface area (Å²) in [6.07, 6.45) is 0.546. The first-order chi connectivity index (χ1) is 18.6. The van der Waals surface area contributed by atoms with E-state index in [0.29, 0.717) is 24.3 Å². The molecule has 0 aliphatic rings. The monoisotopic (exact) mass is 541 g/mol. The number of hydrogen-bond acceptors (Lipinski definition) is 7. The molecule has 2 aromatic rings. The molecule has 0 saturated heterocycles. The normalized spacial score (nSPS) is 13.2. The van der Waals surface area contributed by atoms with Gasteiger partial charge in [-0.15, -0.1) is 0 Å². The Bertz CT molecular complexity index is 1070. The number of rotatable bonds is 16. The first kappa shape index (κ1) is 31.3. The van der Waals surface area contributed by atoms with Gasteiger partial charge in [-0.3, -0.25) is 19.7 Å². The molecule has 0 bridgehead atoms. The van der Waals surface area contributed by atoms with E-state index in [1.54, 1.807) is 24.3 Å². The van der Waals surface area contributed by atoms with Gasteiger partial charge < -0.3 is 25.2 Å². The van der Waals surface area contributed by atoms with Crippen LogP contribution in [0.15, 0.2) is 54.6 Å². The maximum Gasteiger partial charge on any atom is 0.326 e. The van der Waals surface area contributed by atoms with Crippen LogP contribution in [0.4, 0.5) is 0 Å². The SMILES string of the molecule is COC(=O)[C@@H](CCC(=O)NCc1ccccc1)N[C@@H](CC(C)C)C(=O)N[C@@H](Cc1ccc(OC)cc1)C(=O)O. The van der Waals surface area contributed by atoms with E-state index in [-0.39, 0.29) is 31.1 Å². The Morgan fingerprint density at radius 3 is 2.10 bits per heavy atom. The predicted molar refractivity (Wildman–Crippen MR) is 146 cm³/mol. The molecule has 0 spiro atoms. The zero-order valence-electron chi connectivity index (χ0n) is 22.9. The van der Waals surface area contributed by atoms with Gasteiger partial charge in [0.05, 0.1) is 20.3 Å². The fraction of sp³-hybridized carbons (Fsp3) is 0.448. The summed E-state index contributed by atoms with van der Waals surface area (Å²) in [6.45, 7) is 4.19. The van der Waals surface area contributed by atoms with Gasteiger partial charge in [0.15, 0.2) is 0 Å². The van der Waals surface area contributed by atoms with Crippen LogP contribution in [0, 0.1) is 5.92 Å². The molecule has 3 atom stereocenters. The van der Waals surface area contributed by atoms with E-state index < -0.39 is 36.0 Å². The lowest BCUT2D eigenvalue weighted by Crippen LogP contribution is -2.55. The fourth-order valence-corrected chi connectivity index (χ4v) is 4.01. The third-order valence-corrected chi connectivity index (χ3v) is 6.12. The largest absolute Gasteiger partial charge is 0.497 e. The van der Waals surface area contributed by atoms with E-state index in [9.17, 15) is 24.3 Å². The van der Waals surface area contributed by atoms with Gasteiger partial charge in [-0.2, -0.15) is 0 Å². The lowest BCUT2D eigenvalue weighted by atomic mass is 9.99. The van der Waals surface area contributed by atoms with Gasteiger partial charge in [0.1, 0.15) is 17.8 Å². The van der Waals surface area contributed by atoms with E-state index in [4.69, 9.17) is 9.47 Å². The van der Waals surface area contributed by atoms with Crippen molar-refractivity contribution in [3.8, 4) is 5.75 Å².